The van der Waals surface area contributed by atoms with E-state index in [0.29, 0.717) is 6.54 Å². The average molecular weight is 487 g/mol. The van der Waals surface area contributed by atoms with Crippen LogP contribution in [0, 0.1) is 6.92 Å². The molecule has 0 aliphatic carbocycles. The van der Waals surface area contributed by atoms with Crippen LogP contribution in [-0.2, 0) is 27.9 Å². The molecular formula is C23H23BrN2O3S. The van der Waals surface area contributed by atoms with Crippen LogP contribution < -0.4 is 5.32 Å². The number of carbonyl (C=O) groups excluding carboxylic acids is 1. The molecule has 156 valence electrons. The van der Waals surface area contributed by atoms with Gasteiger partial charge in [-0.15, -0.1) is 0 Å². The number of aryl methyl sites for hydroxylation is 1. The molecule has 3 aromatic carbocycles. The van der Waals surface area contributed by atoms with Crippen LogP contribution in [0.5, 0.6) is 0 Å². The minimum Gasteiger partial charge on any atom is -0.351 e. The van der Waals surface area contributed by atoms with E-state index in [0.717, 1.165) is 21.2 Å². The van der Waals surface area contributed by atoms with Crippen molar-refractivity contribution in [1.82, 2.24) is 9.62 Å². The molecule has 0 atom stereocenters. The molecule has 0 aromatic heterocycles. The van der Waals surface area contributed by atoms with Crippen LogP contribution in [0.4, 0.5) is 0 Å². The largest absolute Gasteiger partial charge is 0.351 e. The van der Waals surface area contributed by atoms with E-state index in [-0.39, 0.29) is 23.9 Å². The highest BCUT2D eigenvalue weighted by Gasteiger charge is 2.26. The lowest BCUT2D eigenvalue weighted by Crippen LogP contribution is -2.40. The molecule has 0 fully saturated rings. The lowest BCUT2D eigenvalue weighted by atomic mass is 10.2. The Balaban J connectivity index is 1.80. The van der Waals surface area contributed by atoms with Crippen LogP contribution in [0.25, 0.3) is 0 Å². The van der Waals surface area contributed by atoms with Gasteiger partial charge in [0, 0.05) is 17.6 Å². The van der Waals surface area contributed by atoms with Gasteiger partial charge < -0.3 is 5.32 Å². The number of carbonyl (C=O) groups is 1. The molecule has 0 bridgehead atoms. The highest BCUT2D eigenvalue weighted by Crippen LogP contribution is 2.20. The number of amides is 1. The van der Waals surface area contributed by atoms with Gasteiger partial charge >= 0.3 is 0 Å². The fourth-order valence-electron chi connectivity index (χ4n) is 2.89. The van der Waals surface area contributed by atoms with Gasteiger partial charge in [-0.2, -0.15) is 4.31 Å². The molecule has 0 aliphatic heterocycles. The summed E-state index contributed by atoms with van der Waals surface area (Å²) in [5.74, 6) is -0.355. The standard InChI is InChI=1S/C23H23BrN2O3S/c1-18-7-13-22(14-8-18)30(28,29)26(16-20-9-11-21(24)12-10-20)17-23(27)25-15-19-5-3-2-4-6-19/h2-14H,15-17H2,1H3,(H,25,27). The van der Waals surface area contributed by atoms with E-state index < -0.39 is 10.0 Å². The van der Waals surface area contributed by atoms with Crippen LogP contribution in [0.3, 0.4) is 0 Å². The highest BCUT2D eigenvalue weighted by atomic mass is 79.9. The summed E-state index contributed by atoms with van der Waals surface area (Å²) < 4.78 is 28.6. The summed E-state index contributed by atoms with van der Waals surface area (Å²) >= 11 is 3.38. The molecule has 0 spiro atoms. The van der Waals surface area contributed by atoms with Gasteiger partial charge in [0.25, 0.3) is 0 Å². The van der Waals surface area contributed by atoms with Crippen LogP contribution in [0.15, 0.2) is 88.2 Å². The van der Waals surface area contributed by atoms with E-state index in [2.05, 4.69) is 21.2 Å². The third kappa shape index (κ3) is 6.01. The maximum atomic E-state index is 13.3. The molecule has 0 unspecified atom stereocenters. The lowest BCUT2D eigenvalue weighted by molar-refractivity contribution is -0.121. The summed E-state index contributed by atoms with van der Waals surface area (Å²) in [7, 11) is -3.84. The number of nitrogens with one attached hydrogen (secondary N) is 1. The Hall–Kier alpha value is -2.48. The van der Waals surface area contributed by atoms with Gasteiger partial charge in [0.15, 0.2) is 0 Å². The highest BCUT2D eigenvalue weighted by molar-refractivity contribution is 9.10. The quantitative estimate of drug-likeness (QED) is 0.516. The van der Waals surface area contributed by atoms with Crippen LogP contribution in [0.1, 0.15) is 16.7 Å². The SMILES string of the molecule is Cc1ccc(S(=O)(=O)N(CC(=O)NCc2ccccc2)Cc2ccc(Br)cc2)cc1. The summed E-state index contributed by atoms with van der Waals surface area (Å²) in [6, 6.07) is 23.5. The van der Waals surface area contributed by atoms with Gasteiger partial charge in [-0.05, 0) is 42.3 Å². The zero-order valence-corrected chi connectivity index (χ0v) is 19.0. The van der Waals surface area contributed by atoms with Crippen LogP contribution >= 0.6 is 15.9 Å². The van der Waals surface area contributed by atoms with Crippen molar-refractivity contribution in [3.05, 3.63) is 100 Å². The fourth-order valence-corrected chi connectivity index (χ4v) is 4.54. The van der Waals surface area contributed by atoms with Crippen molar-refractivity contribution in [3.63, 3.8) is 0 Å². The number of hydrogen-bond donors (Lipinski definition) is 1. The third-order valence-electron chi connectivity index (χ3n) is 4.58. The molecule has 0 aliphatic rings. The maximum Gasteiger partial charge on any atom is 0.243 e. The van der Waals surface area contributed by atoms with E-state index >= 15 is 0 Å². The van der Waals surface area contributed by atoms with Crippen LogP contribution in [0.2, 0.25) is 0 Å². The molecule has 30 heavy (non-hydrogen) atoms. The van der Waals surface area contributed by atoms with Crippen molar-refractivity contribution >= 4 is 31.9 Å². The van der Waals surface area contributed by atoms with E-state index in [1.807, 2.05) is 61.5 Å². The molecule has 0 saturated carbocycles. The Bertz CT molecular complexity index is 1080. The minimum atomic E-state index is -3.84. The van der Waals surface area contributed by atoms with Crippen molar-refractivity contribution in [1.29, 1.82) is 0 Å². The number of nitrogens with zero attached hydrogens (tertiary/aromatic N) is 1. The molecule has 3 aromatic rings. The first kappa shape index (κ1) is 22.2. The molecule has 5 nitrogen and oxygen atoms in total. The normalized spacial score (nSPS) is 11.4. The first-order chi connectivity index (χ1) is 14.3. The first-order valence-corrected chi connectivity index (χ1v) is 11.7. The van der Waals surface area contributed by atoms with E-state index in [4.69, 9.17) is 0 Å². The van der Waals surface area contributed by atoms with Gasteiger partial charge in [0.05, 0.1) is 11.4 Å². The van der Waals surface area contributed by atoms with Gasteiger partial charge in [-0.1, -0.05) is 76.1 Å². The Labute approximate surface area is 185 Å². The second kappa shape index (κ2) is 10.0. The smallest absolute Gasteiger partial charge is 0.243 e. The second-order valence-corrected chi connectivity index (χ2v) is 9.83. The monoisotopic (exact) mass is 486 g/mol. The topological polar surface area (TPSA) is 66.5 Å². The molecule has 1 amide bonds. The average Bonchev–Trinajstić information content (AvgIpc) is 2.74. The predicted octanol–water partition coefficient (Wildman–Crippen LogP) is 4.26. The minimum absolute atomic E-state index is 0.0995. The summed E-state index contributed by atoms with van der Waals surface area (Å²) in [4.78, 5) is 12.7. The molecule has 3 rings (SSSR count). The van der Waals surface area contributed by atoms with Gasteiger partial charge in [-0.3, -0.25) is 4.79 Å². The Kier molecular flexibility index (Phi) is 7.42. The van der Waals surface area contributed by atoms with Gasteiger partial charge in [-0.25, -0.2) is 8.42 Å². The zero-order chi connectivity index (χ0) is 21.6. The van der Waals surface area contributed by atoms with Crippen molar-refractivity contribution in [2.75, 3.05) is 6.54 Å². The predicted molar refractivity (Wildman–Crippen MR) is 121 cm³/mol. The van der Waals surface area contributed by atoms with Crippen molar-refractivity contribution < 1.29 is 13.2 Å². The number of rotatable bonds is 8. The van der Waals surface area contributed by atoms with Gasteiger partial charge in [0.1, 0.15) is 0 Å². The Morgan fingerprint density at radius 2 is 1.53 bits per heavy atom. The first-order valence-electron chi connectivity index (χ1n) is 9.46. The van der Waals surface area contributed by atoms with Crippen molar-refractivity contribution in [3.8, 4) is 0 Å². The fraction of sp³-hybridized carbons (Fsp3) is 0.174. The Morgan fingerprint density at radius 3 is 2.17 bits per heavy atom. The van der Waals surface area contributed by atoms with Crippen molar-refractivity contribution in [2.24, 2.45) is 0 Å². The number of sulfonamides is 1. The van der Waals surface area contributed by atoms with E-state index in [1.54, 1.807) is 24.3 Å². The number of benzene rings is 3. The van der Waals surface area contributed by atoms with Crippen LogP contribution in [-0.4, -0.2) is 25.2 Å². The second-order valence-electron chi connectivity index (χ2n) is 6.97. The molecule has 0 radical (unpaired) electrons. The molecule has 1 N–H and O–H groups in total. The van der Waals surface area contributed by atoms with Crippen molar-refractivity contribution in [2.45, 2.75) is 24.9 Å². The van der Waals surface area contributed by atoms with E-state index in [1.165, 1.54) is 4.31 Å². The Morgan fingerprint density at radius 1 is 0.900 bits per heavy atom. The summed E-state index contributed by atoms with van der Waals surface area (Å²) in [5, 5.41) is 2.80. The van der Waals surface area contributed by atoms with Gasteiger partial charge in [0.2, 0.25) is 15.9 Å². The summed E-state index contributed by atoms with van der Waals surface area (Å²) in [5.41, 5.74) is 2.71. The molecule has 0 saturated heterocycles. The molecule has 0 heterocycles. The third-order valence-corrected chi connectivity index (χ3v) is 6.92. The summed E-state index contributed by atoms with van der Waals surface area (Å²) in [6.45, 7) is 2.07. The number of halogens is 1. The number of hydrogen-bond acceptors (Lipinski definition) is 3. The molecular weight excluding hydrogens is 464 g/mol. The zero-order valence-electron chi connectivity index (χ0n) is 16.6. The van der Waals surface area contributed by atoms with E-state index in [9.17, 15) is 13.2 Å². The summed E-state index contributed by atoms with van der Waals surface area (Å²) in [6.07, 6.45) is 0. The molecule has 7 heteroatoms. The maximum absolute atomic E-state index is 13.3. The lowest BCUT2D eigenvalue weighted by Gasteiger charge is -2.22.